The topological polar surface area (TPSA) is 55.0 Å². The van der Waals surface area contributed by atoms with Gasteiger partial charge in [0.1, 0.15) is 5.69 Å². The summed E-state index contributed by atoms with van der Waals surface area (Å²) in [6.07, 6.45) is 6.84. The molecule has 3 heterocycles. The Balaban J connectivity index is 1.89. The number of likely N-dealkylation sites (N-methyl/N-ethyl adjacent to an activating group) is 1. The third-order valence-corrected chi connectivity index (χ3v) is 4.39. The molecule has 0 aliphatic carbocycles. The van der Waals surface area contributed by atoms with Crippen LogP contribution >= 0.6 is 12.2 Å². The molecule has 2 aromatic rings. The van der Waals surface area contributed by atoms with Crippen molar-refractivity contribution in [2.24, 2.45) is 0 Å². The number of nitrogens with zero attached hydrogens (tertiary/aromatic N) is 7. The first-order chi connectivity index (χ1) is 11.2. The van der Waals surface area contributed by atoms with Crippen molar-refractivity contribution in [3.63, 3.8) is 0 Å². The maximum absolute atomic E-state index is 5.60. The first kappa shape index (κ1) is 16.0. The van der Waals surface area contributed by atoms with Crippen LogP contribution in [-0.2, 0) is 13.2 Å². The van der Waals surface area contributed by atoms with Gasteiger partial charge in [-0.05, 0) is 19.3 Å². The Bertz CT molecular complexity index is 713. The largest absolute Gasteiger partial charge is 0.304 e. The van der Waals surface area contributed by atoms with Gasteiger partial charge in [0.25, 0.3) is 0 Å². The van der Waals surface area contributed by atoms with E-state index in [1.165, 1.54) is 0 Å². The van der Waals surface area contributed by atoms with E-state index in [1.807, 2.05) is 15.3 Å². The van der Waals surface area contributed by atoms with Gasteiger partial charge in [-0.3, -0.25) is 14.5 Å². The van der Waals surface area contributed by atoms with Crippen molar-refractivity contribution >= 4 is 12.2 Å². The molecule has 7 nitrogen and oxygen atoms in total. The normalized spacial score (nSPS) is 16.6. The molecule has 8 heteroatoms. The molecule has 0 spiro atoms. The van der Waals surface area contributed by atoms with E-state index >= 15 is 0 Å². The van der Waals surface area contributed by atoms with Crippen LogP contribution in [0.25, 0.3) is 11.5 Å². The summed E-state index contributed by atoms with van der Waals surface area (Å²) in [6, 6.07) is 0. The van der Waals surface area contributed by atoms with Crippen LogP contribution in [0.15, 0.2) is 31.2 Å². The fourth-order valence-electron chi connectivity index (χ4n) is 2.61. The molecule has 1 fully saturated rings. The van der Waals surface area contributed by atoms with Crippen molar-refractivity contribution in [1.82, 2.24) is 34.1 Å². The quantitative estimate of drug-likeness (QED) is 0.607. The van der Waals surface area contributed by atoms with Crippen LogP contribution in [0.1, 0.15) is 0 Å². The molecule has 0 unspecified atom stereocenters. The zero-order valence-corrected chi connectivity index (χ0v) is 14.1. The van der Waals surface area contributed by atoms with Gasteiger partial charge in [-0.15, -0.1) is 11.7 Å². The molecule has 2 aromatic heterocycles. The first-order valence-electron chi connectivity index (χ1n) is 7.65. The summed E-state index contributed by atoms with van der Waals surface area (Å²) in [5, 5.41) is 4.68. The third-order valence-electron chi connectivity index (χ3n) is 3.96. The second kappa shape index (κ2) is 7.12. The van der Waals surface area contributed by atoms with Gasteiger partial charge in [0.15, 0.2) is 10.6 Å². The lowest BCUT2D eigenvalue weighted by Gasteiger charge is -2.31. The molecule has 1 saturated heterocycles. The fraction of sp³-hybridized carbons (Fsp3) is 0.467. The molecule has 3 rings (SSSR count). The molecule has 1 aliphatic rings. The van der Waals surface area contributed by atoms with Gasteiger partial charge in [-0.25, -0.2) is 9.67 Å². The number of hydrogen-bond acceptors (Lipinski definition) is 6. The molecule has 122 valence electrons. The van der Waals surface area contributed by atoms with E-state index in [2.05, 4.69) is 38.5 Å². The Morgan fingerprint density at radius 1 is 1.26 bits per heavy atom. The zero-order chi connectivity index (χ0) is 16.2. The Morgan fingerprint density at radius 3 is 2.70 bits per heavy atom. The average molecular weight is 331 g/mol. The zero-order valence-electron chi connectivity index (χ0n) is 13.3. The molecule has 0 aromatic carbocycles. The van der Waals surface area contributed by atoms with Crippen LogP contribution in [0.4, 0.5) is 0 Å². The minimum Gasteiger partial charge on any atom is -0.304 e. The summed E-state index contributed by atoms with van der Waals surface area (Å²) in [6.45, 7) is 9.29. The van der Waals surface area contributed by atoms with Crippen LogP contribution in [0, 0.1) is 4.77 Å². The number of aromatic nitrogens is 5. The molecule has 0 N–H and O–H groups in total. The summed E-state index contributed by atoms with van der Waals surface area (Å²) in [7, 11) is 2.15. The summed E-state index contributed by atoms with van der Waals surface area (Å²) in [5.41, 5.74) is 0.720. The first-order valence-corrected chi connectivity index (χ1v) is 8.05. The van der Waals surface area contributed by atoms with Crippen molar-refractivity contribution < 1.29 is 0 Å². The summed E-state index contributed by atoms with van der Waals surface area (Å²) in [4.78, 5) is 13.2. The molecule has 1 aliphatic heterocycles. The Labute approximate surface area is 140 Å². The monoisotopic (exact) mass is 331 g/mol. The number of hydrogen-bond donors (Lipinski definition) is 0. The highest BCUT2D eigenvalue weighted by Gasteiger charge is 2.18. The van der Waals surface area contributed by atoms with Gasteiger partial charge in [0.2, 0.25) is 0 Å². The minimum atomic E-state index is 0.605. The Kier molecular flexibility index (Phi) is 4.94. The standard InChI is InChI=1S/C15H21N7S/c1-3-6-21-14(13-11-16-4-5-17-13)18-22(15(21)23)12-20-9-7-19(2)8-10-20/h3-5,11H,1,6-10,12H2,2H3. The SMILES string of the molecule is C=CCn1c(-c2cnccn2)nn(CN2CCN(C)CC2)c1=S. The van der Waals surface area contributed by atoms with Crippen molar-refractivity contribution in [2.45, 2.75) is 13.2 Å². The van der Waals surface area contributed by atoms with E-state index in [1.54, 1.807) is 18.6 Å². The second-order valence-electron chi connectivity index (χ2n) is 5.66. The van der Waals surface area contributed by atoms with Crippen LogP contribution < -0.4 is 0 Å². The lowest BCUT2D eigenvalue weighted by atomic mass is 10.3. The summed E-state index contributed by atoms with van der Waals surface area (Å²) >= 11 is 5.60. The third kappa shape index (κ3) is 3.54. The van der Waals surface area contributed by atoms with Crippen LogP contribution in [0.2, 0.25) is 0 Å². The predicted molar refractivity (Wildman–Crippen MR) is 91.3 cm³/mol. The fourth-order valence-corrected chi connectivity index (χ4v) is 2.87. The van der Waals surface area contributed by atoms with Gasteiger partial charge < -0.3 is 4.90 Å². The van der Waals surface area contributed by atoms with Crippen LogP contribution in [0.5, 0.6) is 0 Å². The Morgan fingerprint density at radius 2 is 2.04 bits per heavy atom. The molecule has 0 bridgehead atoms. The number of rotatable bonds is 5. The van der Waals surface area contributed by atoms with E-state index in [0.29, 0.717) is 18.0 Å². The predicted octanol–water partition coefficient (Wildman–Crippen LogP) is 1.26. The molecule has 0 amide bonds. The van der Waals surface area contributed by atoms with Gasteiger partial charge in [-0.1, -0.05) is 6.08 Å². The number of allylic oxidation sites excluding steroid dienone is 1. The average Bonchev–Trinajstić information content (AvgIpc) is 2.88. The van der Waals surface area contributed by atoms with Crippen molar-refractivity contribution in [3.05, 3.63) is 36.0 Å². The highest BCUT2D eigenvalue weighted by Crippen LogP contribution is 2.15. The molecular formula is C15H21N7S. The molecule has 0 saturated carbocycles. The lowest BCUT2D eigenvalue weighted by molar-refractivity contribution is 0.119. The van der Waals surface area contributed by atoms with E-state index < -0.39 is 0 Å². The van der Waals surface area contributed by atoms with Crippen molar-refractivity contribution in [3.8, 4) is 11.5 Å². The van der Waals surface area contributed by atoms with Crippen LogP contribution in [-0.4, -0.2) is 67.3 Å². The van der Waals surface area contributed by atoms with E-state index in [0.717, 1.165) is 37.7 Å². The highest BCUT2D eigenvalue weighted by molar-refractivity contribution is 7.71. The minimum absolute atomic E-state index is 0.605. The Hall–Kier alpha value is -1.90. The van der Waals surface area contributed by atoms with E-state index in [4.69, 9.17) is 12.2 Å². The second-order valence-corrected chi connectivity index (χ2v) is 6.02. The molecular weight excluding hydrogens is 310 g/mol. The van der Waals surface area contributed by atoms with Crippen molar-refractivity contribution in [2.75, 3.05) is 33.2 Å². The smallest absolute Gasteiger partial charge is 0.199 e. The van der Waals surface area contributed by atoms with E-state index in [-0.39, 0.29) is 0 Å². The summed E-state index contributed by atoms with van der Waals surface area (Å²) < 4.78 is 4.50. The maximum atomic E-state index is 5.60. The molecule has 23 heavy (non-hydrogen) atoms. The lowest BCUT2D eigenvalue weighted by Crippen LogP contribution is -2.45. The molecule has 0 atom stereocenters. The van der Waals surface area contributed by atoms with Gasteiger partial charge in [0.05, 0.1) is 12.9 Å². The highest BCUT2D eigenvalue weighted by atomic mass is 32.1. The maximum Gasteiger partial charge on any atom is 0.199 e. The van der Waals surface area contributed by atoms with Gasteiger partial charge in [-0.2, -0.15) is 0 Å². The van der Waals surface area contributed by atoms with Crippen LogP contribution in [0.3, 0.4) is 0 Å². The molecule has 0 radical (unpaired) electrons. The summed E-state index contributed by atoms with van der Waals surface area (Å²) in [5.74, 6) is 0.733. The van der Waals surface area contributed by atoms with Gasteiger partial charge >= 0.3 is 0 Å². The van der Waals surface area contributed by atoms with Crippen molar-refractivity contribution in [1.29, 1.82) is 0 Å². The van der Waals surface area contributed by atoms with Gasteiger partial charge in [0, 0.05) is 45.1 Å². The van der Waals surface area contributed by atoms with E-state index in [9.17, 15) is 0 Å². The number of piperazine rings is 1.